The highest BCUT2D eigenvalue weighted by Gasteiger charge is 2.18. The molecule has 0 aromatic rings. The van der Waals surface area contributed by atoms with E-state index in [9.17, 15) is 4.79 Å². The highest BCUT2D eigenvalue weighted by atomic mass is 32.1. The zero-order valence-corrected chi connectivity index (χ0v) is 10.1. The fourth-order valence-electron chi connectivity index (χ4n) is 0.766. The van der Waals surface area contributed by atoms with Crippen LogP contribution in [0.5, 0.6) is 0 Å². The number of carbonyl (C=O) groups is 1. The second-order valence-corrected chi connectivity index (χ2v) is 4.42. The molecule has 0 saturated carbocycles. The second-order valence-electron chi connectivity index (χ2n) is 3.98. The summed E-state index contributed by atoms with van der Waals surface area (Å²) < 4.78 is 5.07. The Morgan fingerprint density at radius 2 is 1.93 bits per heavy atom. The predicted molar refractivity (Wildman–Crippen MR) is 60.5 cm³/mol. The van der Waals surface area contributed by atoms with Crippen LogP contribution >= 0.6 is 12.2 Å². The van der Waals surface area contributed by atoms with Crippen LogP contribution < -0.4 is 10.6 Å². The highest BCUT2D eigenvalue weighted by molar-refractivity contribution is 7.80. The van der Waals surface area contributed by atoms with Crippen molar-refractivity contribution >= 4 is 23.3 Å². The molecular weight excluding hydrogens is 200 g/mol. The van der Waals surface area contributed by atoms with Gasteiger partial charge in [0, 0.05) is 7.05 Å². The third-order valence-corrected chi connectivity index (χ3v) is 1.93. The lowest BCUT2D eigenvalue weighted by Crippen LogP contribution is -2.44. The van der Waals surface area contributed by atoms with Crippen LogP contribution in [-0.4, -0.2) is 29.8 Å². The summed E-state index contributed by atoms with van der Waals surface area (Å²) in [5.41, 5.74) is -0.481. The van der Waals surface area contributed by atoms with Gasteiger partial charge in [0.05, 0.1) is 11.0 Å². The summed E-state index contributed by atoms with van der Waals surface area (Å²) in [6, 6.07) is -0.218. The molecule has 0 bridgehead atoms. The van der Waals surface area contributed by atoms with Crippen molar-refractivity contribution in [3.8, 4) is 0 Å². The molecule has 1 atom stereocenters. The molecule has 0 heterocycles. The van der Waals surface area contributed by atoms with E-state index in [4.69, 9.17) is 17.0 Å². The monoisotopic (exact) mass is 218 g/mol. The molecule has 1 unspecified atom stereocenters. The number of rotatable bonds is 2. The molecule has 1 amide bonds. The maximum atomic E-state index is 11.3. The van der Waals surface area contributed by atoms with E-state index in [1.54, 1.807) is 14.0 Å². The van der Waals surface area contributed by atoms with E-state index in [0.29, 0.717) is 4.99 Å². The van der Waals surface area contributed by atoms with Crippen molar-refractivity contribution in [1.29, 1.82) is 0 Å². The fraction of sp³-hybridized carbons (Fsp3) is 0.778. The number of carbonyl (C=O) groups excluding carboxylic acids is 1. The van der Waals surface area contributed by atoms with Gasteiger partial charge in [-0.3, -0.25) is 0 Å². The zero-order valence-electron chi connectivity index (χ0n) is 9.30. The minimum Gasteiger partial charge on any atom is -0.444 e. The largest absolute Gasteiger partial charge is 0.444 e. The number of alkyl carbamates (subject to hydrolysis) is 1. The third-order valence-electron chi connectivity index (χ3n) is 1.37. The first-order valence-electron chi connectivity index (χ1n) is 4.47. The van der Waals surface area contributed by atoms with Crippen molar-refractivity contribution in [2.45, 2.75) is 39.3 Å². The van der Waals surface area contributed by atoms with Gasteiger partial charge < -0.3 is 15.4 Å². The fourth-order valence-corrected chi connectivity index (χ4v) is 0.825. The summed E-state index contributed by atoms with van der Waals surface area (Å²) in [5, 5.41) is 5.42. The Labute approximate surface area is 90.4 Å². The van der Waals surface area contributed by atoms with E-state index >= 15 is 0 Å². The Balaban J connectivity index is 4.01. The lowest BCUT2D eigenvalue weighted by molar-refractivity contribution is 0.0521. The molecule has 0 spiro atoms. The van der Waals surface area contributed by atoms with Crippen molar-refractivity contribution in [3.63, 3.8) is 0 Å². The van der Waals surface area contributed by atoms with E-state index in [1.807, 2.05) is 20.8 Å². The number of amides is 1. The van der Waals surface area contributed by atoms with Gasteiger partial charge in [-0.1, -0.05) is 12.2 Å². The molecule has 2 N–H and O–H groups in total. The topological polar surface area (TPSA) is 50.4 Å². The van der Waals surface area contributed by atoms with Gasteiger partial charge in [-0.05, 0) is 27.7 Å². The number of thiocarbonyl (C=S) groups is 1. The van der Waals surface area contributed by atoms with Crippen molar-refractivity contribution in [2.24, 2.45) is 0 Å². The molecule has 0 aliphatic heterocycles. The summed E-state index contributed by atoms with van der Waals surface area (Å²) in [6.07, 6.45) is -0.456. The van der Waals surface area contributed by atoms with Crippen LogP contribution in [0, 0.1) is 0 Å². The number of ether oxygens (including phenoxy) is 1. The minimum atomic E-state index is -0.481. The first-order chi connectivity index (χ1) is 6.26. The number of hydrogen-bond donors (Lipinski definition) is 2. The molecule has 0 aromatic heterocycles. The van der Waals surface area contributed by atoms with E-state index in [0.717, 1.165) is 0 Å². The first kappa shape index (κ1) is 13.2. The van der Waals surface area contributed by atoms with E-state index in [1.165, 1.54) is 0 Å². The van der Waals surface area contributed by atoms with Crippen molar-refractivity contribution in [3.05, 3.63) is 0 Å². The van der Waals surface area contributed by atoms with Crippen LogP contribution in [0.3, 0.4) is 0 Å². The van der Waals surface area contributed by atoms with Gasteiger partial charge >= 0.3 is 6.09 Å². The van der Waals surface area contributed by atoms with Crippen molar-refractivity contribution in [1.82, 2.24) is 10.6 Å². The smallest absolute Gasteiger partial charge is 0.408 e. The summed E-state index contributed by atoms with van der Waals surface area (Å²) >= 11 is 4.96. The maximum Gasteiger partial charge on any atom is 0.408 e. The van der Waals surface area contributed by atoms with Crippen LogP contribution in [0.4, 0.5) is 4.79 Å². The molecule has 0 radical (unpaired) electrons. The van der Waals surface area contributed by atoms with Crippen LogP contribution in [-0.2, 0) is 4.74 Å². The van der Waals surface area contributed by atoms with Gasteiger partial charge in [-0.2, -0.15) is 0 Å². The molecule has 0 saturated heterocycles. The Morgan fingerprint density at radius 3 is 2.29 bits per heavy atom. The van der Waals surface area contributed by atoms with Crippen LogP contribution in [0.1, 0.15) is 27.7 Å². The van der Waals surface area contributed by atoms with E-state index in [2.05, 4.69) is 10.6 Å². The molecular formula is C9H18N2O2S. The standard InChI is InChI=1S/C9H18N2O2S/c1-6(7(14)10-5)11-8(12)13-9(2,3)4/h6H,1-5H3,(H,10,14)(H,11,12). The van der Waals surface area contributed by atoms with Gasteiger partial charge in [-0.15, -0.1) is 0 Å². The second kappa shape index (κ2) is 5.14. The number of likely N-dealkylation sites (N-methyl/N-ethyl adjacent to an activating group) is 1. The molecule has 82 valence electrons. The number of nitrogens with one attached hydrogen (secondary N) is 2. The van der Waals surface area contributed by atoms with Gasteiger partial charge in [0.1, 0.15) is 5.60 Å². The third kappa shape index (κ3) is 5.75. The summed E-state index contributed by atoms with van der Waals surface area (Å²) in [6.45, 7) is 7.23. The molecule has 0 aliphatic rings. The molecule has 4 nitrogen and oxygen atoms in total. The van der Waals surface area contributed by atoms with Gasteiger partial charge in [-0.25, -0.2) is 4.79 Å². The lowest BCUT2D eigenvalue weighted by atomic mass is 10.2. The summed E-state index contributed by atoms with van der Waals surface area (Å²) in [7, 11) is 1.72. The number of hydrogen-bond acceptors (Lipinski definition) is 3. The van der Waals surface area contributed by atoms with E-state index in [-0.39, 0.29) is 6.04 Å². The Hall–Kier alpha value is -0.840. The summed E-state index contributed by atoms with van der Waals surface area (Å²) in [5.74, 6) is 0. The SMILES string of the molecule is CNC(=S)C(C)NC(=O)OC(C)(C)C. The zero-order chi connectivity index (χ0) is 11.4. The van der Waals surface area contributed by atoms with Gasteiger partial charge in [0.25, 0.3) is 0 Å². The van der Waals surface area contributed by atoms with Crippen LogP contribution in [0.2, 0.25) is 0 Å². The van der Waals surface area contributed by atoms with Gasteiger partial charge in [0.2, 0.25) is 0 Å². The Kier molecular flexibility index (Phi) is 4.83. The average molecular weight is 218 g/mol. The lowest BCUT2D eigenvalue weighted by Gasteiger charge is -2.22. The van der Waals surface area contributed by atoms with Crippen LogP contribution in [0.15, 0.2) is 0 Å². The maximum absolute atomic E-state index is 11.3. The van der Waals surface area contributed by atoms with Gasteiger partial charge in [0.15, 0.2) is 0 Å². The van der Waals surface area contributed by atoms with E-state index < -0.39 is 11.7 Å². The molecule has 0 aromatic carbocycles. The molecule has 0 rings (SSSR count). The van der Waals surface area contributed by atoms with Crippen molar-refractivity contribution in [2.75, 3.05) is 7.05 Å². The normalized spacial score (nSPS) is 12.9. The Bertz CT molecular complexity index is 223. The first-order valence-corrected chi connectivity index (χ1v) is 4.88. The highest BCUT2D eigenvalue weighted by Crippen LogP contribution is 2.06. The molecule has 0 aliphatic carbocycles. The average Bonchev–Trinajstić information content (AvgIpc) is 1.99. The Morgan fingerprint density at radius 1 is 1.43 bits per heavy atom. The molecule has 14 heavy (non-hydrogen) atoms. The predicted octanol–water partition coefficient (Wildman–Crippen LogP) is 1.45. The summed E-state index contributed by atoms with van der Waals surface area (Å²) in [4.78, 5) is 11.8. The quantitative estimate of drug-likeness (QED) is 0.689. The molecule has 0 fully saturated rings. The molecule has 5 heteroatoms. The minimum absolute atomic E-state index is 0.218. The van der Waals surface area contributed by atoms with Crippen molar-refractivity contribution < 1.29 is 9.53 Å². The van der Waals surface area contributed by atoms with Crippen LogP contribution in [0.25, 0.3) is 0 Å².